The van der Waals surface area contributed by atoms with E-state index in [9.17, 15) is 0 Å². The molecule has 1 aromatic heterocycles. The lowest BCUT2D eigenvalue weighted by molar-refractivity contribution is 0.661. The average Bonchev–Trinajstić information content (AvgIpc) is 3.69. The van der Waals surface area contributed by atoms with Gasteiger partial charge < -0.3 is 9.47 Å². The van der Waals surface area contributed by atoms with Crippen molar-refractivity contribution in [3.63, 3.8) is 0 Å². The molecule has 2 unspecified atom stereocenters. The van der Waals surface area contributed by atoms with E-state index in [2.05, 4.69) is 252 Å². The molecular weight excluding hydrogens is 749 g/mol. The SMILES string of the molecule is C1=CC2C=Cc3c(n(-c4ccccc4-c4ccccc4N(c4ccc(-c5ccc6ccccc6c5)cc4)c4ccc(-c5cccc6ccccc56)cc4)c4ccccc34)C2C=C1. The maximum absolute atomic E-state index is 2.54. The molecule has 2 nitrogen and oxygen atoms in total. The van der Waals surface area contributed by atoms with Gasteiger partial charge in [0.15, 0.2) is 0 Å². The molecule has 0 spiro atoms. The molecule has 0 N–H and O–H groups in total. The van der Waals surface area contributed by atoms with Crippen molar-refractivity contribution in [2.24, 2.45) is 5.92 Å². The van der Waals surface area contributed by atoms with Crippen LogP contribution in [0.3, 0.4) is 0 Å². The molecule has 2 aliphatic carbocycles. The molecular formula is C60H42N2. The van der Waals surface area contributed by atoms with Crippen LogP contribution < -0.4 is 4.90 Å². The summed E-state index contributed by atoms with van der Waals surface area (Å²) >= 11 is 0. The molecule has 0 saturated carbocycles. The first-order valence-corrected chi connectivity index (χ1v) is 21.6. The summed E-state index contributed by atoms with van der Waals surface area (Å²) in [6, 6.07) is 75.5. The topological polar surface area (TPSA) is 8.17 Å². The van der Waals surface area contributed by atoms with Gasteiger partial charge in [0.1, 0.15) is 0 Å². The van der Waals surface area contributed by atoms with E-state index in [0.717, 1.165) is 22.6 Å². The zero-order valence-corrected chi connectivity index (χ0v) is 34.1. The molecule has 2 aliphatic rings. The van der Waals surface area contributed by atoms with Gasteiger partial charge in [-0.25, -0.2) is 0 Å². The van der Waals surface area contributed by atoms with Crippen molar-refractivity contribution >= 4 is 55.6 Å². The minimum atomic E-state index is 0.244. The predicted octanol–water partition coefficient (Wildman–Crippen LogP) is 16.3. The zero-order chi connectivity index (χ0) is 41.0. The quantitative estimate of drug-likeness (QED) is 0.156. The number of anilines is 3. The Balaban J connectivity index is 1.03. The first-order valence-electron chi connectivity index (χ1n) is 21.6. The number of rotatable bonds is 7. The fourth-order valence-corrected chi connectivity index (χ4v) is 10.00. The Morgan fingerprint density at radius 2 is 1.02 bits per heavy atom. The second-order valence-corrected chi connectivity index (χ2v) is 16.4. The minimum Gasteiger partial charge on any atom is -0.312 e. The molecule has 0 bridgehead atoms. The van der Waals surface area contributed by atoms with Gasteiger partial charge >= 0.3 is 0 Å². The van der Waals surface area contributed by atoms with E-state index in [1.807, 2.05) is 0 Å². The van der Waals surface area contributed by atoms with Crippen molar-refractivity contribution in [2.75, 3.05) is 4.90 Å². The van der Waals surface area contributed by atoms with E-state index in [1.165, 1.54) is 77.2 Å². The van der Waals surface area contributed by atoms with Gasteiger partial charge in [0.25, 0.3) is 0 Å². The fraction of sp³-hybridized carbons (Fsp3) is 0.0333. The largest absolute Gasteiger partial charge is 0.312 e. The molecule has 10 aromatic rings. The second kappa shape index (κ2) is 15.0. The highest BCUT2D eigenvalue weighted by atomic mass is 15.1. The van der Waals surface area contributed by atoms with Gasteiger partial charge in [-0.3, -0.25) is 0 Å². The number of aromatic nitrogens is 1. The monoisotopic (exact) mass is 790 g/mol. The lowest BCUT2D eigenvalue weighted by atomic mass is 9.80. The lowest BCUT2D eigenvalue weighted by Crippen LogP contribution is -2.17. The third kappa shape index (κ3) is 6.03. The third-order valence-corrected chi connectivity index (χ3v) is 12.9. The molecule has 62 heavy (non-hydrogen) atoms. The van der Waals surface area contributed by atoms with Crippen LogP contribution in [-0.4, -0.2) is 4.57 Å². The van der Waals surface area contributed by atoms with Gasteiger partial charge in [-0.2, -0.15) is 0 Å². The summed E-state index contributed by atoms with van der Waals surface area (Å²) in [7, 11) is 0. The van der Waals surface area contributed by atoms with Crippen LogP contribution in [0.5, 0.6) is 0 Å². The third-order valence-electron chi connectivity index (χ3n) is 12.9. The Morgan fingerprint density at radius 3 is 1.85 bits per heavy atom. The number of hydrogen-bond acceptors (Lipinski definition) is 1. The molecule has 12 rings (SSSR count). The summed E-state index contributed by atoms with van der Waals surface area (Å²) in [6.07, 6.45) is 13.8. The van der Waals surface area contributed by atoms with E-state index >= 15 is 0 Å². The Labute approximate surface area is 362 Å². The molecule has 0 amide bonds. The van der Waals surface area contributed by atoms with Gasteiger partial charge in [-0.15, -0.1) is 0 Å². The van der Waals surface area contributed by atoms with Crippen LogP contribution in [0.4, 0.5) is 17.1 Å². The Bertz CT molecular complexity index is 3410. The molecule has 0 aliphatic heterocycles. The lowest BCUT2D eigenvalue weighted by Gasteiger charge is -2.30. The van der Waals surface area contributed by atoms with Crippen LogP contribution in [0.25, 0.3) is 77.6 Å². The van der Waals surface area contributed by atoms with Crippen molar-refractivity contribution in [3.8, 4) is 39.1 Å². The highest BCUT2D eigenvalue weighted by molar-refractivity contribution is 5.99. The number of allylic oxidation sites excluding steroid dienone is 5. The Morgan fingerprint density at radius 1 is 0.403 bits per heavy atom. The van der Waals surface area contributed by atoms with Crippen LogP contribution in [0.2, 0.25) is 0 Å². The number of para-hydroxylation sites is 3. The van der Waals surface area contributed by atoms with Gasteiger partial charge in [-0.05, 0) is 92.3 Å². The second-order valence-electron chi connectivity index (χ2n) is 16.4. The summed E-state index contributed by atoms with van der Waals surface area (Å²) in [5, 5.41) is 6.28. The van der Waals surface area contributed by atoms with Crippen molar-refractivity contribution in [1.29, 1.82) is 0 Å². The maximum Gasteiger partial charge on any atom is 0.0540 e. The van der Waals surface area contributed by atoms with Crippen molar-refractivity contribution in [1.82, 2.24) is 4.57 Å². The van der Waals surface area contributed by atoms with Crippen molar-refractivity contribution in [2.45, 2.75) is 5.92 Å². The number of fused-ring (bicyclic) bond motifs is 7. The summed E-state index contributed by atoms with van der Waals surface area (Å²) in [6.45, 7) is 0. The van der Waals surface area contributed by atoms with Crippen LogP contribution in [0, 0.1) is 5.92 Å². The normalized spacial score (nSPS) is 15.2. The standard InChI is InChI=1S/C60H42N2/c1-2-17-46-40-47(29-28-41(46)14-1)42-30-35-48(36-31-42)61(49-37-32-45(33-38-49)51-24-13-18-43-15-3-5-19-50(43)51)57-25-10-7-21-53(57)54-22-8-11-26-58(54)62-59-27-12-9-23-55(59)56-39-34-44-16-4-6-20-52(44)60(56)62/h1-40,44,52H. The van der Waals surface area contributed by atoms with Crippen LogP contribution >= 0.6 is 0 Å². The molecule has 292 valence electrons. The zero-order valence-electron chi connectivity index (χ0n) is 34.1. The van der Waals surface area contributed by atoms with Crippen LogP contribution in [-0.2, 0) is 0 Å². The van der Waals surface area contributed by atoms with Crippen molar-refractivity contribution < 1.29 is 0 Å². The number of nitrogens with zero attached hydrogens (tertiary/aromatic N) is 2. The first kappa shape index (κ1) is 36.0. The Hall–Kier alpha value is -7.94. The van der Waals surface area contributed by atoms with E-state index in [-0.39, 0.29) is 5.92 Å². The smallest absolute Gasteiger partial charge is 0.0540 e. The van der Waals surface area contributed by atoms with Gasteiger partial charge in [-0.1, -0.05) is 194 Å². The van der Waals surface area contributed by atoms with Gasteiger partial charge in [0.05, 0.1) is 16.9 Å². The summed E-state index contributed by atoms with van der Waals surface area (Å²) in [4.78, 5) is 2.43. The molecule has 0 radical (unpaired) electrons. The summed E-state index contributed by atoms with van der Waals surface area (Å²) < 4.78 is 2.54. The van der Waals surface area contributed by atoms with Gasteiger partial charge in [0, 0.05) is 51.0 Å². The van der Waals surface area contributed by atoms with E-state index < -0.39 is 0 Å². The predicted molar refractivity (Wildman–Crippen MR) is 263 cm³/mol. The minimum absolute atomic E-state index is 0.244. The number of hydrogen-bond donors (Lipinski definition) is 0. The molecule has 9 aromatic carbocycles. The van der Waals surface area contributed by atoms with E-state index in [0.29, 0.717) is 5.92 Å². The van der Waals surface area contributed by atoms with Crippen LogP contribution in [0.15, 0.2) is 237 Å². The van der Waals surface area contributed by atoms with Crippen LogP contribution in [0.1, 0.15) is 17.2 Å². The highest BCUT2D eigenvalue weighted by Crippen LogP contribution is 2.48. The summed E-state index contributed by atoms with van der Waals surface area (Å²) in [5.41, 5.74) is 15.5. The summed E-state index contributed by atoms with van der Waals surface area (Å²) in [5.74, 6) is 0.563. The molecule has 2 atom stereocenters. The Kier molecular flexibility index (Phi) is 8.67. The molecule has 0 fully saturated rings. The van der Waals surface area contributed by atoms with E-state index in [4.69, 9.17) is 0 Å². The maximum atomic E-state index is 2.54. The number of benzene rings is 9. The van der Waals surface area contributed by atoms with Crippen molar-refractivity contribution in [3.05, 3.63) is 248 Å². The average molecular weight is 791 g/mol. The molecule has 1 heterocycles. The van der Waals surface area contributed by atoms with E-state index in [1.54, 1.807) is 0 Å². The molecule has 2 heteroatoms. The fourth-order valence-electron chi connectivity index (χ4n) is 10.00. The first-order chi connectivity index (χ1) is 30.8. The highest BCUT2D eigenvalue weighted by Gasteiger charge is 2.31. The van der Waals surface area contributed by atoms with Gasteiger partial charge in [0.2, 0.25) is 0 Å². The molecule has 0 saturated heterocycles.